The third kappa shape index (κ3) is 6.36. The summed E-state index contributed by atoms with van der Waals surface area (Å²) < 4.78 is 12.9. The predicted molar refractivity (Wildman–Crippen MR) is 101 cm³/mol. The van der Waals surface area contributed by atoms with Gasteiger partial charge in [0.2, 0.25) is 0 Å². The maximum Gasteiger partial charge on any atom is 0.263 e. The van der Waals surface area contributed by atoms with Crippen LogP contribution in [0.1, 0.15) is 32.9 Å². The summed E-state index contributed by atoms with van der Waals surface area (Å²) in [5.74, 6) is -0.347. The number of benzene rings is 1. The lowest BCUT2D eigenvalue weighted by Gasteiger charge is -2.10. The summed E-state index contributed by atoms with van der Waals surface area (Å²) in [7, 11) is 1.86. The minimum absolute atomic E-state index is 0. The number of carbonyl (C=O) groups is 1. The molecular weight excluding hydrogens is 372 g/mol. The summed E-state index contributed by atoms with van der Waals surface area (Å²) in [6.07, 6.45) is 0.603. The Bertz CT molecular complexity index is 649. The molecule has 1 amide bonds. The number of aromatic nitrogens is 1. The average Bonchev–Trinajstić information content (AvgIpc) is 2.87. The number of hydrogen-bond acceptors (Lipinski definition) is 4. The number of likely N-dealkylation sites (N-methyl/N-ethyl adjacent to an activating group) is 1. The first-order chi connectivity index (χ1) is 10.5. The van der Waals surface area contributed by atoms with Gasteiger partial charge in [-0.3, -0.25) is 4.79 Å². The number of halogens is 3. The quantitative estimate of drug-likeness (QED) is 0.790. The molecule has 1 unspecified atom stereocenters. The van der Waals surface area contributed by atoms with E-state index in [1.807, 2.05) is 20.9 Å². The lowest BCUT2D eigenvalue weighted by atomic mass is 10.1. The number of hydrogen-bond donors (Lipinski definition) is 2. The van der Waals surface area contributed by atoms with E-state index in [4.69, 9.17) is 0 Å². The monoisotopic (exact) mass is 393 g/mol. The van der Waals surface area contributed by atoms with Crippen LogP contribution in [0, 0.1) is 12.7 Å². The number of nitrogens with zero attached hydrogens (tertiary/aromatic N) is 1. The van der Waals surface area contributed by atoms with Crippen LogP contribution in [0.3, 0.4) is 0 Å². The molecule has 4 nitrogen and oxygen atoms in total. The average molecular weight is 394 g/mol. The first kappa shape index (κ1) is 22.8. The van der Waals surface area contributed by atoms with Gasteiger partial charge in [0.25, 0.3) is 5.91 Å². The van der Waals surface area contributed by atoms with Crippen molar-refractivity contribution in [1.82, 2.24) is 15.6 Å². The van der Waals surface area contributed by atoms with Crippen LogP contribution in [0.4, 0.5) is 4.39 Å². The van der Waals surface area contributed by atoms with Crippen LogP contribution < -0.4 is 10.6 Å². The predicted octanol–water partition coefficient (Wildman–Crippen LogP) is 3.36. The molecule has 0 radical (unpaired) electrons. The number of rotatable bonds is 6. The molecule has 0 bridgehead atoms. The van der Waals surface area contributed by atoms with Gasteiger partial charge in [-0.05, 0) is 38.6 Å². The lowest BCUT2D eigenvalue weighted by molar-refractivity contribution is 0.0954. The number of aryl methyl sites for hydroxylation is 1. The minimum Gasteiger partial charge on any atom is -0.350 e. The maximum absolute atomic E-state index is 12.9. The van der Waals surface area contributed by atoms with Crippen molar-refractivity contribution in [2.75, 3.05) is 13.6 Å². The van der Waals surface area contributed by atoms with Crippen molar-refractivity contribution in [3.05, 3.63) is 51.2 Å². The van der Waals surface area contributed by atoms with Gasteiger partial charge in [-0.25, -0.2) is 9.37 Å². The molecule has 2 rings (SSSR count). The molecule has 2 aromatic rings. The summed E-state index contributed by atoms with van der Waals surface area (Å²) in [6.45, 7) is 4.40. The largest absolute Gasteiger partial charge is 0.350 e. The molecule has 0 aliphatic rings. The van der Waals surface area contributed by atoms with Crippen molar-refractivity contribution >= 4 is 42.1 Å². The molecule has 1 aromatic heterocycles. The molecule has 134 valence electrons. The fourth-order valence-corrected chi connectivity index (χ4v) is 2.96. The Hall–Kier alpha value is -1.21. The van der Waals surface area contributed by atoms with Gasteiger partial charge in [0.15, 0.2) is 0 Å². The van der Waals surface area contributed by atoms with Crippen LogP contribution >= 0.6 is 36.2 Å². The highest BCUT2D eigenvalue weighted by Gasteiger charge is 2.15. The molecule has 0 saturated carbocycles. The highest BCUT2D eigenvalue weighted by molar-refractivity contribution is 7.13. The molecule has 0 fully saturated rings. The Kier molecular flexibility index (Phi) is 10.1. The van der Waals surface area contributed by atoms with E-state index >= 15 is 0 Å². The normalized spacial score (nSPS) is 11.2. The minimum atomic E-state index is -0.252. The van der Waals surface area contributed by atoms with Gasteiger partial charge in [-0.15, -0.1) is 36.2 Å². The first-order valence-electron chi connectivity index (χ1n) is 7.15. The summed E-state index contributed by atoms with van der Waals surface area (Å²) in [5.41, 5.74) is 1.71. The Balaban J connectivity index is 0.00000264. The van der Waals surface area contributed by atoms with Crippen molar-refractivity contribution in [3.63, 3.8) is 0 Å². The van der Waals surface area contributed by atoms with Gasteiger partial charge in [0.1, 0.15) is 10.7 Å². The van der Waals surface area contributed by atoms with Gasteiger partial charge < -0.3 is 10.6 Å². The van der Waals surface area contributed by atoms with E-state index in [-0.39, 0.29) is 42.6 Å². The summed E-state index contributed by atoms with van der Waals surface area (Å²) >= 11 is 1.39. The van der Waals surface area contributed by atoms with Crippen molar-refractivity contribution in [2.45, 2.75) is 26.3 Å². The van der Waals surface area contributed by atoms with Crippen LogP contribution in [0.25, 0.3) is 0 Å². The number of amides is 1. The molecule has 2 N–H and O–H groups in total. The Morgan fingerprint density at radius 2 is 1.92 bits per heavy atom. The zero-order valence-corrected chi connectivity index (χ0v) is 16.2. The molecule has 0 saturated heterocycles. The van der Waals surface area contributed by atoms with Crippen LogP contribution in [0.15, 0.2) is 24.3 Å². The molecule has 8 heteroatoms. The highest BCUT2D eigenvalue weighted by atomic mass is 35.5. The van der Waals surface area contributed by atoms with Crippen molar-refractivity contribution in [3.8, 4) is 0 Å². The van der Waals surface area contributed by atoms with Crippen LogP contribution in [-0.4, -0.2) is 30.5 Å². The van der Waals surface area contributed by atoms with E-state index in [9.17, 15) is 9.18 Å². The molecule has 24 heavy (non-hydrogen) atoms. The van der Waals surface area contributed by atoms with Gasteiger partial charge >= 0.3 is 0 Å². The maximum atomic E-state index is 12.9. The second kappa shape index (κ2) is 10.6. The van der Waals surface area contributed by atoms with Crippen LogP contribution in [0.5, 0.6) is 0 Å². The topological polar surface area (TPSA) is 54.0 Å². The molecule has 1 aromatic carbocycles. The van der Waals surface area contributed by atoms with Crippen molar-refractivity contribution < 1.29 is 9.18 Å². The van der Waals surface area contributed by atoms with Crippen LogP contribution in [-0.2, 0) is 6.42 Å². The van der Waals surface area contributed by atoms with Crippen molar-refractivity contribution in [1.29, 1.82) is 0 Å². The SMILES string of the molecule is CNC(C)CNC(=O)c1sc(Cc2ccc(F)cc2)nc1C.Cl.Cl. The molecule has 0 spiro atoms. The fourth-order valence-electron chi connectivity index (χ4n) is 1.94. The summed E-state index contributed by atoms with van der Waals surface area (Å²) in [6, 6.07) is 6.56. The van der Waals surface area contributed by atoms with Gasteiger partial charge in [0, 0.05) is 19.0 Å². The Morgan fingerprint density at radius 1 is 1.29 bits per heavy atom. The highest BCUT2D eigenvalue weighted by Crippen LogP contribution is 2.21. The van der Waals surface area contributed by atoms with Crippen molar-refractivity contribution in [2.24, 2.45) is 0 Å². The van der Waals surface area contributed by atoms with E-state index in [0.29, 0.717) is 17.8 Å². The number of nitrogens with one attached hydrogen (secondary N) is 2. The van der Waals surface area contributed by atoms with Gasteiger partial charge in [-0.2, -0.15) is 0 Å². The van der Waals surface area contributed by atoms with Gasteiger partial charge in [0.05, 0.1) is 10.7 Å². The van der Waals surface area contributed by atoms with E-state index in [1.165, 1.54) is 23.5 Å². The van der Waals surface area contributed by atoms with E-state index in [1.54, 1.807) is 12.1 Å². The lowest BCUT2D eigenvalue weighted by Crippen LogP contribution is -2.37. The third-order valence-corrected chi connectivity index (χ3v) is 4.53. The molecule has 1 atom stereocenters. The van der Waals surface area contributed by atoms with Gasteiger partial charge in [-0.1, -0.05) is 12.1 Å². The zero-order valence-electron chi connectivity index (χ0n) is 13.8. The summed E-state index contributed by atoms with van der Waals surface area (Å²) in [5, 5.41) is 6.82. The van der Waals surface area contributed by atoms with E-state index in [0.717, 1.165) is 16.3 Å². The molecule has 1 heterocycles. The summed E-state index contributed by atoms with van der Waals surface area (Å²) in [4.78, 5) is 17.3. The van der Waals surface area contributed by atoms with Crippen LogP contribution in [0.2, 0.25) is 0 Å². The Labute approximate surface area is 158 Å². The molecule has 0 aliphatic heterocycles. The Morgan fingerprint density at radius 3 is 2.50 bits per heavy atom. The first-order valence-corrected chi connectivity index (χ1v) is 7.97. The standard InChI is InChI=1S/C16H20FN3OS.2ClH/c1-10(18-3)9-19-16(21)15-11(2)20-14(22-15)8-12-4-6-13(17)7-5-12;;/h4-7,10,18H,8-9H2,1-3H3,(H,19,21);2*1H. The second-order valence-electron chi connectivity index (χ2n) is 5.23. The molecule has 0 aliphatic carbocycles. The van der Waals surface area contributed by atoms with E-state index in [2.05, 4.69) is 15.6 Å². The molecular formula is C16H22Cl2FN3OS. The smallest absolute Gasteiger partial charge is 0.263 e. The zero-order chi connectivity index (χ0) is 16.1. The van der Waals surface area contributed by atoms with E-state index < -0.39 is 0 Å². The number of thiazole rings is 1. The number of carbonyl (C=O) groups excluding carboxylic acids is 1. The third-order valence-electron chi connectivity index (χ3n) is 3.38. The second-order valence-corrected chi connectivity index (χ2v) is 6.31. The fraction of sp³-hybridized carbons (Fsp3) is 0.375.